The molecule has 1 N–H and O–H groups in total. The van der Waals surface area contributed by atoms with Crippen molar-refractivity contribution in [2.45, 2.75) is 23.8 Å². The highest BCUT2D eigenvalue weighted by molar-refractivity contribution is 7.94. The lowest BCUT2D eigenvalue weighted by atomic mass is 10.2. The van der Waals surface area contributed by atoms with Gasteiger partial charge in [0, 0.05) is 11.4 Å². The summed E-state index contributed by atoms with van der Waals surface area (Å²) < 4.78 is 23.7. The zero-order valence-corrected chi connectivity index (χ0v) is 9.78. The highest BCUT2D eigenvalue weighted by atomic mass is 32.2. The average molecular weight is 237 g/mol. The maximum Gasteiger partial charge on any atom is 0.199 e. The molecule has 1 heterocycles. The van der Waals surface area contributed by atoms with Gasteiger partial charge in [-0.2, -0.15) is 0 Å². The minimum absolute atomic E-state index is 0.207. The summed E-state index contributed by atoms with van der Waals surface area (Å²) in [5.74, 6) is 0. The predicted molar refractivity (Wildman–Crippen MR) is 63.8 cm³/mol. The third-order valence-corrected chi connectivity index (χ3v) is 4.10. The van der Waals surface area contributed by atoms with Crippen LogP contribution in [0.5, 0.6) is 0 Å². The van der Waals surface area contributed by atoms with E-state index in [9.17, 15) is 8.42 Å². The normalized spacial score (nSPS) is 21.6. The molecular weight excluding hydrogens is 222 g/mol. The largest absolute Gasteiger partial charge is 0.310 e. The molecule has 3 nitrogen and oxygen atoms in total. The van der Waals surface area contributed by atoms with Crippen molar-refractivity contribution in [1.82, 2.24) is 5.32 Å². The first kappa shape index (κ1) is 11.4. The molecule has 0 spiro atoms. The van der Waals surface area contributed by atoms with Crippen LogP contribution in [0.25, 0.3) is 0 Å². The van der Waals surface area contributed by atoms with Gasteiger partial charge in [0.2, 0.25) is 0 Å². The molecule has 16 heavy (non-hydrogen) atoms. The van der Waals surface area contributed by atoms with E-state index in [0.717, 1.165) is 19.4 Å². The smallest absolute Gasteiger partial charge is 0.199 e. The van der Waals surface area contributed by atoms with Gasteiger partial charge in [0.25, 0.3) is 0 Å². The summed E-state index contributed by atoms with van der Waals surface area (Å²) in [4.78, 5) is 0.351. The fraction of sp³-hybridized carbons (Fsp3) is 0.333. The van der Waals surface area contributed by atoms with Crippen molar-refractivity contribution in [1.29, 1.82) is 0 Å². The summed E-state index contributed by atoms with van der Waals surface area (Å²) in [6.45, 7) is 0.973. The van der Waals surface area contributed by atoms with Crippen molar-refractivity contribution >= 4 is 9.84 Å². The topological polar surface area (TPSA) is 46.2 Å². The van der Waals surface area contributed by atoms with Crippen molar-refractivity contribution in [3.63, 3.8) is 0 Å². The lowest BCUT2D eigenvalue weighted by Crippen LogP contribution is -2.18. The molecule has 1 aliphatic rings. The number of rotatable bonds is 3. The summed E-state index contributed by atoms with van der Waals surface area (Å²) >= 11 is 0. The van der Waals surface area contributed by atoms with Gasteiger partial charge in [0.15, 0.2) is 9.84 Å². The second kappa shape index (κ2) is 4.80. The molecule has 1 atom stereocenters. The van der Waals surface area contributed by atoms with Crippen LogP contribution in [0.3, 0.4) is 0 Å². The van der Waals surface area contributed by atoms with Gasteiger partial charge < -0.3 is 5.32 Å². The summed E-state index contributed by atoms with van der Waals surface area (Å²) in [6.07, 6.45) is 3.87. The van der Waals surface area contributed by atoms with Crippen LogP contribution in [0.2, 0.25) is 0 Å². The van der Waals surface area contributed by atoms with Gasteiger partial charge in [-0.3, -0.25) is 0 Å². The lowest BCUT2D eigenvalue weighted by molar-refractivity contribution is 0.604. The first-order valence-electron chi connectivity index (χ1n) is 5.40. The fourth-order valence-electron chi connectivity index (χ4n) is 1.76. The van der Waals surface area contributed by atoms with Crippen molar-refractivity contribution in [3.8, 4) is 0 Å². The van der Waals surface area contributed by atoms with Gasteiger partial charge in [-0.15, -0.1) is 0 Å². The molecule has 0 saturated carbocycles. The highest BCUT2D eigenvalue weighted by Gasteiger charge is 2.13. The Morgan fingerprint density at radius 3 is 2.62 bits per heavy atom. The Bertz CT molecular complexity index is 459. The highest BCUT2D eigenvalue weighted by Crippen LogP contribution is 2.13. The minimum atomic E-state index is -3.27. The van der Waals surface area contributed by atoms with Crippen LogP contribution in [0.4, 0.5) is 0 Å². The molecule has 1 aliphatic heterocycles. The molecule has 2 rings (SSSR count). The maximum absolute atomic E-state index is 11.9. The maximum atomic E-state index is 11.9. The van der Waals surface area contributed by atoms with E-state index in [1.807, 2.05) is 0 Å². The Balaban J connectivity index is 2.14. The molecule has 0 amide bonds. The summed E-state index contributed by atoms with van der Waals surface area (Å²) in [5.41, 5.74) is 0. The molecule has 1 aromatic carbocycles. The Hall–Kier alpha value is -1.13. The van der Waals surface area contributed by atoms with E-state index >= 15 is 0 Å². The Morgan fingerprint density at radius 1 is 1.25 bits per heavy atom. The summed E-state index contributed by atoms with van der Waals surface area (Å²) in [6, 6.07) is 8.70. The van der Waals surface area contributed by atoms with Crippen LogP contribution in [-0.4, -0.2) is 21.0 Å². The van der Waals surface area contributed by atoms with E-state index in [0.29, 0.717) is 4.90 Å². The molecule has 0 aromatic heterocycles. The third kappa shape index (κ3) is 2.71. The summed E-state index contributed by atoms with van der Waals surface area (Å²) in [7, 11) is -3.27. The molecule has 1 fully saturated rings. The Labute approximate surface area is 96.1 Å². The Morgan fingerprint density at radius 2 is 2.00 bits per heavy atom. The molecule has 1 saturated heterocycles. The van der Waals surface area contributed by atoms with Gasteiger partial charge in [0.1, 0.15) is 0 Å². The van der Waals surface area contributed by atoms with Crippen LogP contribution in [0, 0.1) is 0 Å². The van der Waals surface area contributed by atoms with Gasteiger partial charge in [0.05, 0.1) is 4.90 Å². The van der Waals surface area contributed by atoms with Crippen molar-refractivity contribution in [2.75, 3.05) is 6.54 Å². The van der Waals surface area contributed by atoms with Crippen molar-refractivity contribution in [3.05, 3.63) is 41.8 Å². The number of hydrogen-bond donors (Lipinski definition) is 1. The van der Waals surface area contributed by atoms with Gasteiger partial charge in [-0.05, 0) is 31.5 Å². The Kier molecular flexibility index (Phi) is 3.41. The zero-order chi connectivity index (χ0) is 11.4. The van der Waals surface area contributed by atoms with Crippen molar-refractivity contribution in [2.24, 2.45) is 0 Å². The van der Waals surface area contributed by atoms with E-state index in [-0.39, 0.29) is 6.04 Å². The van der Waals surface area contributed by atoms with Crippen LogP contribution >= 0.6 is 0 Å². The van der Waals surface area contributed by atoms with Crippen molar-refractivity contribution < 1.29 is 8.42 Å². The van der Waals surface area contributed by atoms with Gasteiger partial charge >= 0.3 is 0 Å². The lowest BCUT2D eigenvalue weighted by Gasteiger charge is -2.03. The average Bonchev–Trinajstić information content (AvgIpc) is 2.81. The predicted octanol–water partition coefficient (Wildman–Crippen LogP) is 1.73. The monoisotopic (exact) mass is 237 g/mol. The zero-order valence-electron chi connectivity index (χ0n) is 8.96. The molecular formula is C12H15NO2S. The molecule has 0 bridgehead atoms. The number of nitrogens with one attached hydrogen (secondary N) is 1. The first-order valence-corrected chi connectivity index (χ1v) is 6.95. The number of benzene rings is 1. The second-order valence-electron chi connectivity index (χ2n) is 3.89. The molecule has 4 heteroatoms. The quantitative estimate of drug-likeness (QED) is 0.870. The van der Waals surface area contributed by atoms with Gasteiger partial charge in [-0.1, -0.05) is 24.3 Å². The second-order valence-corrected chi connectivity index (χ2v) is 5.72. The van der Waals surface area contributed by atoms with E-state index in [2.05, 4.69) is 5.32 Å². The van der Waals surface area contributed by atoms with Crippen LogP contribution in [-0.2, 0) is 9.84 Å². The standard InChI is InChI=1S/C12H15NO2S/c14-16(15,12-6-2-1-3-7-12)10-8-11-5-4-9-13-11/h1-3,6-8,10-11,13H,4-5,9H2/b10-8+/t11-/m1/s1. The van der Waals surface area contributed by atoms with E-state index in [1.165, 1.54) is 5.41 Å². The fourth-order valence-corrected chi connectivity index (χ4v) is 2.85. The molecule has 1 aromatic rings. The molecule has 86 valence electrons. The van der Waals surface area contributed by atoms with Crippen LogP contribution < -0.4 is 5.32 Å². The molecule has 0 aliphatic carbocycles. The number of sulfone groups is 1. The van der Waals surface area contributed by atoms with E-state index in [1.54, 1.807) is 36.4 Å². The minimum Gasteiger partial charge on any atom is -0.310 e. The number of hydrogen-bond acceptors (Lipinski definition) is 3. The summed E-state index contributed by atoms with van der Waals surface area (Å²) in [5, 5.41) is 4.54. The van der Waals surface area contributed by atoms with Gasteiger partial charge in [-0.25, -0.2) is 8.42 Å². The van der Waals surface area contributed by atoms with Crippen LogP contribution in [0.15, 0.2) is 46.7 Å². The van der Waals surface area contributed by atoms with E-state index in [4.69, 9.17) is 0 Å². The van der Waals surface area contributed by atoms with Crippen LogP contribution in [0.1, 0.15) is 12.8 Å². The SMILES string of the molecule is O=S(=O)(/C=C/[C@H]1CCCN1)c1ccccc1. The van der Waals surface area contributed by atoms with E-state index < -0.39 is 9.84 Å². The third-order valence-electron chi connectivity index (χ3n) is 2.66. The molecule has 0 unspecified atom stereocenters. The molecule has 0 radical (unpaired) electrons. The first-order chi connectivity index (χ1) is 7.68.